The number of urea groups is 1. The lowest BCUT2D eigenvalue weighted by molar-refractivity contribution is 0.251. The summed E-state index contributed by atoms with van der Waals surface area (Å²) in [7, 11) is 0. The first-order valence-corrected chi connectivity index (χ1v) is 5.82. The summed E-state index contributed by atoms with van der Waals surface area (Å²) in [5.41, 5.74) is 1.07. The van der Waals surface area contributed by atoms with Gasteiger partial charge in [0.05, 0.1) is 6.20 Å². The molecule has 1 aromatic heterocycles. The van der Waals surface area contributed by atoms with E-state index in [9.17, 15) is 4.79 Å². The minimum absolute atomic E-state index is 0.315. The minimum atomic E-state index is -0.325. The van der Waals surface area contributed by atoms with Crippen molar-refractivity contribution in [2.75, 3.05) is 11.9 Å². The largest absolute Gasteiger partial charge is 0.338 e. The first kappa shape index (κ1) is 12.4. The number of nitrogens with zero attached hydrogens (tertiary/aromatic N) is 1. The van der Waals surface area contributed by atoms with Gasteiger partial charge in [0.15, 0.2) is 0 Å². The van der Waals surface area contributed by atoms with Crippen LogP contribution in [0.3, 0.4) is 0 Å². The zero-order valence-electron chi connectivity index (χ0n) is 9.52. The summed E-state index contributed by atoms with van der Waals surface area (Å²) in [5, 5.41) is 9.40. The van der Waals surface area contributed by atoms with Crippen LogP contribution in [-0.4, -0.2) is 17.7 Å². The monoisotopic (exact) mass is 265 g/mol. The Morgan fingerprint density at radius 1 is 1.39 bits per heavy atom. The Balaban J connectivity index is 1.73. The van der Waals surface area contributed by atoms with E-state index >= 15 is 0 Å². The molecule has 5 nitrogen and oxygen atoms in total. The molecule has 2 aromatic rings. The van der Waals surface area contributed by atoms with Crippen molar-refractivity contribution in [3.05, 3.63) is 47.1 Å². The van der Waals surface area contributed by atoms with E-state index < -0.39 is 0 Å². The molecule has 0 aliphatic carbocycles. The van der Waals surface area contributed by atoms with E-state index in [4.69, 9.17) is 16.1 Å². The molecule has 18 heavy (non-hydrogen) atoms. The van der Waals surface area contributed by atoms with Gasteiger partial charge in [-0.2, -0.15) is 0 Å². The van der Waals surface area contributed by atoms with E-state index in [0.29, 0.717) is 23.9 Å². The number of carbonyl (C=O) groups is 1. The molecule has 0 spiro atoms. The van der Waals surface area contributed by atoms with E-state index in [1.807, 2.05) is 24.3 Å². The standard InChI is InChI=1S/C12H12ClN3O2/c13-10-3-1-2-9(8-10)4-6-14-12(17)16-11-5-7-15-18-11/h1-3,5,7-8H,4,6H2,(H2,14,16,17). The molecule has 0 saturated heterocycles. The highest BCUT2D eigenvalue weighted by Crippen LogP contribution is 2.10. The molecule has 1 aromatic carbocycles. The summed E-state index contributed by atoms with van der Waals surface area (Å²) in [4.78, 5) is 11.4. The van der Waals surface area contributed by atoms with Crippen molar-refractivity contribution in [1.82, 2.24) is 10.5 Å². The zero-order valence-corrected chi connectivity index (χ0v) is 10.3. The topological polar surface area (TPSA) is 67.2 Å². The number of halogens is 1. The predicted molar refractivity (Wildman–Crippen MR) is 68.7 cm³/mol. The van der Waals surface area contributed by atoms with Crippen molar-refractivity contribution >= 4 is 23.5 Å². The van der Waals surface area contributed by atoms with E-state index in [0.717, 1.165) is 5.56 Å². The number of carbonyl (C=O) groups excluding carboxylic acids is 1. The Morgan fingerprint density at radius 2 is 2.28 bits per heavy atom. The maximum atomic E-state index is 11.4. The van der Waals surface area contributed by atoms with Crippen LogP contribution in [0.15, 0.2) is 41.1 Å². The van der Waals surface area contributed by atoms with Crippen molar-refractivity contribution < 1.29 is 9.32 Å². The molecular weight excluding hydrogens is 254 g/mol. The van der Waals surface area contributed by atoms with Gasteiger partial charge in [0, 0.05) is 17.6 Å². The smallest absolute Gasteiger partial charge is 0.321 e. The summed E-state index contributed by atoms with van der Waals surface area (Å²) in [5.74, 6) is 0.315. The molecule has 2 amide bonds. The summed E-state index contributed by atoms with van der Waals surface area (Å²) in [6.45, 7) is 0.514. The molecule has 0 radical (unpaired) electrons. The summed E-state index contributed by atoms with van der Waals surface area (Å²) < 4.78 is 4.75. The maximum absolute atomic E-state index is 11.4. The lowest BCUT2D eigenvalue weighted by Crippen LogP contribution is -2.30. The predicted octanol–water partition coefficient (Wildman–Crippen LogP) is 2.69. The number of benzene rings is 1. The highest BCUT2D eigenvalue weighted by atomic mass is 35.5. The third kappa shape index (κ3) is 3.78. The summed E-state index contributed by atoms with van der Waals surface area (Å²) >= 11 is 5.86. The second-order valence-corrected chi connectivity index (χ2v) is 4.07. The normalized spacial score (nSPS) is 10.1. The molecule has 0 aliphatic heterocycles. The van der Waals surface area contributed by atoms with Crippen LogP contribution >= 0.6 is 11.6 Å². The fourth-order valence-electron chi connectivity index (χ4n) is 1.45. The molecular formula is C12H12ClN3O2. The molecule has 0 atom stereocenters. The van der Waals surface area contributed by atoms with Gasteiger partial charge in [-0.1, -0.05) is 28.9 Å². The average molecular weight is 266 g/mol. The van der Waals surface area contributed by atoms with Gasteiger partial charge in [-0.3, -0.25) is 5.32 Å². The number of anilines is 1. The van der Waals surface area contributed by atoms with Gasteiger partial charge in [-0.15, -0.1) is 0 Å². The number of amides is 2. The number of nitrogens with one attached hydrogen (secondary N) is 2. The van der Waals surface area contributed by atoms with E-state index in [1.54, 1.807) is 6.07 Å². The minimum Gasteiger partial charge on any atom is -0.338 e. The third-order valence-electron chi connectivity index (χ3n) is 2.26. The zero-order chi connectivity index (χ0) is 12.8. The molecule has 0 aliphatic rings. The lowest BCUT2D eigenvalue weighted by atomic mass is 10.1. The Hall–Kier alpha value is -2.01. The molecule has 6 heteroatoms. The van der Waals surface area contributed by atoms with Gasteiger partial charge >= 0.3 is 6.03 Å². The maximum Gasteiger partial charge on any atom is 0.321 e. The van der Waals surface area contributed by atoms with Crippen molar-refractivity contribution in [3.63, 3.8) is 0 Å². The van der Waals surface area contributed by atoms with Crippen LogP contribution in [0, 0.1) is 0 Å². The fourth-order valence-corrected chi connectivity index (χ4v) is 1.66. The molecule has 1 heterocycles. The summed E-state index contributed by atoms with van der Waals surface area (Å²) in [6.07, 6.45) is 2.17. The first-order valence-electron chi connectivity index (χ1n) is 5.44. The van der Waals surface area contributed by atoms with E-state index in [1.165, 1.54) is 6.20 Å². The number of aromatic nitrogens is 1. The van der Waals surface area contributed by atoms with E-state index in [2.05, 4.69) is 15.8 Å². The van der Waals surface area contributed by atoms with Crippen LogP contribution in [0.25, 0.3) is 0 Å². The number of hydrogen-bond acceptors (Lipinski definition) is 3. The van der Waals surface area contributed by atoms with Crippen molar-refractivity contribution in [2.24, 2.45) is 0 Å². The van der Waals surface area contributed by atoms with Crippen molar-refractivity contribution in [1.29, 1.82) is 0 Å². The summed E-state index contributed by atoms with van der Waals surface area (Å²) in [6, 6.07) is 8.77. The molecule has 94 valence electrons. The Kier molecular flexibility index (Phi) is 4.20. The van der Waals surface area contributed by atoms with Crippen molar-refractivity contribution in [2.45, 2.75) is 6.42 Å². The van der Waals surface area contributed by atoms with Crippen molar-refractivity contribution in [3.8, 4) is 0 Å². The van der Waals surface area contributed by atoms with Gasteiger partial charge < -0.3 is 9.84 Å². The number of hydrogen-bond donors (Lipinski definition) is 2. The Bertz CT molecular complexity index is 514. The van der Waals surface area contributed by atoms with Crippen LogP contribution in [0.4, 0.5) is 10.7 Å². The van der Waals surface area contributed by atoms with Crippen LogP contribution in [0.2, 0.25) is 5.02 Å². The highest BCUT2D eigenvalue weighted by Gasteiger charge is 2.03. The van der Waals surface area contributed by atoms with Crippen LogP contribution < -0.4 is 10.6 Å². The quantitative estimate of drug-likeness (QED) is 0.893. The number of rotatable bonds is 4. The average Bonchev–Trinajstić information content (AvgIpc) is 2.82. The molecule has 0 saturated carbocycles. The molecule has 2 rings (SSSR count). The van der Waals surface area contributed by atoms with Gasteiger partial charge in [0.25, 0.3) is 0 Å². The second kappa shape index (κ2) is 6.07. The first-order chi connectivity index (χ1) is 8.74. The Morgan fingerprint density at radius 3 is 3.00 bits per heavy atom. The molecule has 0 fully saturated rings. The highest BCUT2D eigenvalue weighted by molar-refractivity contribution is 6.30. The van der Waals surface area contributed by atoms with Gasteiger partial charge in [0.2, 0.25) is 5.88 Å². The Labute approximate surface area is 109 Å². The fraction of sp³-hybridized carbons (Fsp3) is 0.167. The van der Waals surface area contributed by atoms with Crippen LogP contribution in [-0.2, 0) is 6.42 Å². The third-order valence-corrected chi connectivity index (χ3v) is 2.50. The molecule has 2 N–H and O–H groups in total. The van der Waals surface area contributed by atoms with Gasteiger partial charge in [-0.25, -0.2) is 4.79 Å². The van der Waals surface area contributed by atoms with E-state index in [-0.39, 0.29) is 6.03 Å². The lowest BCUT2D eigenvalue weighted by Gasteiger charge is -2.05. The second-order valence-electron chi connectivity index (χ2n) is 3.64. The molecule has 0 unspecified atom stereocenters. The molecule has 0 bridgehead atoms. The SMILES string of the molecule is O=C(NCCc1cccc(Cl)c1)Nc1ccno1. The van der Waals surface area contributed by atoms with Gasteiger partial charge in [-0.05, 0) is 24.1 Å². The van der Waals surface area contributed by atoms with Crippen LogP contribution in [0.5, 0.6) is 0 Å². The van der Waals surface area contributed by atoms with Gasteiger partial charge in [0.1, 0.15) is 0 Å². The van der Waals surface area contributed by atoms with Crippen LogP contribution in [0.1, 0.15) is 5.56 Å².